The molecule has 0 heterocycles. The second-order valence-electron chi connectivity index (χ2n) is 2.44. The third kappa shape index (κ3) is 5.22. The molecule has 0 radical (unpaired) electrons. The third-order valence-electron chi connectivity index (χ3n) is 1.22. The van der Waals surface area contributed by atoms with Gasteiger partial charge in [0.2, 0.25) is 5.91 Å². The minimum absolute atomic E-state index is 0.0985. The quantitative estimate of drug-likeness (QED) is 0.644. The van der Waals surface area contributed by atoms with Gasteiger partial charge in [-0.05, 0) is 0 Å². The molecule has 1 atom stereocenters. The van der Waals surface area contributed by atoms with Crippen LogP contribution >= 0.6 is 11.8 Å². The first-order valence-corrected chi connectivity index (χ1v) is 4.67. The van der Waals surface area contributed by atoms with Gasteiger partial charge in [0.1, 0.15) is 12.1 Å². The highest BCUT2D eigenvalue weighted by Crippen LogP contribution is 2.13. The number of carboxylic acids is 1. The van der Waals surface area contributed by atoms with Crippen LogP contribution in [-0.2, 0) is 9.59 Å². The van der Waals surface area contributed by atoms with Gasteiger partial charge >= 0.3 is 5.97 Å². The Balaban J connectivity index is 4.12. The summed E-state index contributed by atoms with van der Waals surface area (Å²) in [5, 5.41) is 19.3. The van der Waals surface area contributed by atoms with Gasteiger partial charge in [-0.2, -0.15) is 5.26 Å². The Morgan fingerprint density at radius 1 is 1.71 bits per heavy atom. The number of carboxylic acid groups (broad SMARTS) is 1. The summed E-state index contributed by atoms with van der Waals surface area (Å²) in [6, 6.07) is 0.792. The molecule has 0 bridgehead atoms. The molecule has 0 aliphatic heterocycles. The first kappa shape index (κ1) is 12.5. The van der Waals surface area contributed by atoms with E-state index in [4.69, 9.17) is 10.4 Å². The minimum atomic E-state index is -1.13. The first-order chi connectivity index (χ1) is 6.47. The molecule has 14 heavy (non-hydrogen) atoms. The Kier molecular flexibility index (Phi) is 5.41. The molecule has 1 unspecified atom stereocenters. The number of carbonyl (C=O) groups is 2. The van der Waals surface area contributed by atoms with E-state index in [-0.39, 0.29) is 10.7 Å². The van der Waals surface area contributed by atoms with Crippen LogP contribution in [0.15, 0.2) is 11.5 Å². The summed E-state index contributed by atoms with van der Waals surface area (Å²) in [7, 11) is 0. The molecular formula is C8H10N2O3S. The number of nitrogens with zero attached hydrogens (tertiary/aromatic N) is 1. The third-order valence-corrected chi connectivity index (χ3v) is 2.16. The number of amides is 1. The molecule has 5 nitrogen and oxygen atoms in total. The lowest BCUT2D eigenvalue weighted by Gasteiger charge is -2.11. The molecule has 2 N–H and O–H groups in total. The fourth-order valence-electron chi connectivity index (χ4n) is 0.636. The van der Waals surface area contributed by atoms with Crippen molar-refractivity contribution in [3.8, 4) is 6.07 Å². The van der Waals surface area contributed by atoms with Crippen LogP contribution in [0.25, 0.3) is 0 Å². The summed E-state index contributed by atoms with van der Waals surface area (Å²) in [4.78, 5) is 21.4. The van der Waals surface area contributed by atoms with E-state index in [2.05, 4.69) is 11.9 Å². The van der Waals surface area contributed by atoms with E-state index in [1.807, 2.05) is 0 Å². The maximum atomic E-state index is 10.6. The number of allylic oxidation sites excluding steroid dienone is 1. The van der Waals surface area contributed by atoms with Crippen molar-refractivity contribution in [2.45, 2.75) is 13.0 Å². The Morgan fingerprint density at radius 2 is 2.29 bits per heavy atom. The van der Waals surface area contributed by atoms with Crippen LogP contribution in [-0.4, -0.2) is 28.8 Å². The molecule has 0 aromatic heterocycles. The predicted octanol–water partition coefficient (Wildman–Crippen LogP) is 0.346. The Bertz CT molecular complexity index is 295. The van der Waals surface area contributed by atoms with E-state index >= 15 is 0 Å². The topological polar surface area (TPSA) is 90.2 Å². The van der Waals surface area contributed by atoms with Crippen molar-refractivity contribution in [2.75, 3.05) is 5.75 Å². The second-order valence-corrected chi connectivity index (χ2v) is 3.55. The molecular weight excluding hydrogens is 204 g/mol. The van der Waals surface area contributed by atoms with E-state index in [0.717, 1.165) is 11.8 Å². The highest BCUT2D eigenvalue weighted by atomic mass is 32.2. The minimum Gasteiger partial charge on any atom is -0.480 e. The maximum Gasteiger partial charge on any atom is 0.327 e. The summed E-state index contributed by atoms with van der Waals surface area (Å²) in [6.45, 7) is 4.62. The Hall–Kier alpha value is -1.48. The molecule has 6 heteroatoms. The zero-order chi connectivity index (χ0) is 11.1. The lowest BCUT2D eigenvalue weighted by atomic mass is 10.3. The summed E-state index contributed by atoms with van der Waals surface area (Å²) in [5.74, 6) is -1.44. The molecule has 0 rings (SSSR count). The van der Waals surface area contributed by atoms with Gasteiger partial charge < -0.3 is 10.4 Å². The van der Waals surface area contributed by atoms with Crippen molar-refractivity contribution in [1.82, 2.24) is 5.32 Å². The normalized spacial score (nSPS) is 11.1. The van der Waals surface area contributed by atoms with Crippen LogP contribution in [0, 0.1) is 11.3 Å². The summed E-state index contributed by atoms with van der Waals surface area (Å²) < 4.78 is 0. The lowest BCUT2D eigenvalue weighted by molar-refractivity contribution is -0.140. The molecule has 0 saturated heterocycles. The smallest absolute Gasteiger partial charge is 0.327 e. The molecule has 76 valence electrons. The maximum absolute atomic E-state index is 10.6. The second kappa shape index (κ2) is 6.05. The van der Waals surface area contributed by atoms with Gasteiger partial charge in [0.15, 0.2) is 0 Å². The number of thioether (sulfide) groups is 1. The Morgan fingerprint density at radius 3 is 2.64 bits per heavy atom. The number of aliphatic carboxylic acids is 1. The standard InChI is InChI=1S/C8H10N2O3S/c1-5(3-9)14-4-7(8(12)13)10-6(2)11/h7H,1,4H2,2H3,(H,10,11)(H,12,13). The average molecular weight is 214 g/mol. The van der Waals surface area contributed by atoms with E-state index in [1.165, 1.54) is 6.92 Å². The first-order valence-electron chi connectivity index (χ1n) is 3.69. The lowest BCUT2D eigenvalue weighted by Crippen LogP contribution is -2.41. The molecule has 0 aliphatic rings. The largest absolute Gasteiger partial charge is 0.480 e. The fourth-order valence-corrected chi connectivity index (χ4v) is 1.29. The zero-order valence-corrected chi connectivity index (χ0v) is 8.43. The summed E-state index contributed by atoms with van der Waals surface area (Å²) in [5.41, 5.74) is 0. The van der Waals surface area contributed by atoms with Gasteiger partial charge in [-0.3, -0.25) is 4.79 Å². The molecule has 0 aliphatic carbocycles. The number of hydrogen-bond donors (Lipinski definition) is 2. The van der Waals surface area contributed by atoms with Gasteiger partial charge in [0.25, 0.3) is 0 Å². The zero-order valence-electron chi connectivity index (χ0n) is 7.61. The monoisotopic (exact) mass is 214 g/mol. The molecule has 0 aromatic carbocycles. The molecule has 0 spiro atoms. The average Bonchev–Trinajstić information content (AvgIpc) is 2.10. The van der Waals surface area contributed by atoms with E-state index in [0.29, 0.717) is 0 Å². The van der Waals surface area contributed by atoms with Crippen molar-refractivity contribution in [2.24, 2.45) is 0 Å². The van der Waals surface area contributed by atoms with Gasteiger partial charge in [-0.15, -0.1) is 11.8 Å². The number of rotatable bonds is 5. The van der Waals surface area contributed by atoms with Crippen LogP contribution in [0.4, 0.5) is 0 Å². The number of carbonyl (C=O) groups excluding carboxylic acids is 1. The van der Waals surface area contributed by atoms with Crippen LogP contribution in [0.3, 0.4) is 0 Å². The summed E-state index contributed by atoms with van der Waals surface area (Å²) >= 11 is 1.00. The number of nitrogens with one attached hydrogen (secondary N) is 1. The van der Waals surface area contributed by atoms with Crippen molar-refractivity contribution in [3.05, 3.63) is 11.5 Å². The molecule has 1 amide bonds. The van der Waals surface area contributed by atoms with Crippen LogP contribution in [0.1, 0.15) is 6.92 Å². The SMILES string of the molecule is C=C(C#N)SCC(NC(C)=O)C(=O)O. The highest BCUT2D eigenvalue weighted by Gasteiger charge is 2.18. The van der Waals surface area contributed by atoms with E-state index in [1.54, 1.807) is 6.07 Å². The van der Waals surface area contributed by atoms with E-state index < -0.39 is 17.9 Å². The van der Waals surface area contributed by atoms with Crippen molar-refractivity contribution in [1.29, 1.82) is 5.26 Å². The molecule has 0 aromatic rings. The van der Waals surface area contributed by atoms with Gasteiger partial charge in [-0.1, -0.05) is 6.58 Å². The molecule has 0 saturated carbocycles. The van der Waals surface area contributed by atoms with Crippen molar-refractivity contribution >= 4 is 23.6 Å². The fraction of sp³-hybridized carbons (Fsp3) is 0.375. The highest BCUT2D eigenvalue weighted by molar-refractivity contribution is 8.03. The Labute approximate surface area is 85.8 Å². The predicted molar refractivity (Wildman–Crippen MR) is 52.5 cm³/mol. The van der Waals surface area contributed by atoms with Crippen molar-refractivity contribution in [3.63, 3.8) is 0 Å². The summed E-state index contributed by atoms with van der Waals surface area (Å²) in [6.07, 6.45) is 0. The van der Waals surface area contributed by atoms with Gasteiger partial charge in [0.05, 0.1) is 4.91 Å². The molecule has 0 fully saturated rings. The number of hydrogen-bond acceptors (Lipinski definition) is 4. The van der Waals surface area contributed by atoms with Crippen molar-refractivity contribution < 1.29 is 14.7 Å². The van der Waals surface area contributed by atoms with Crippen LogP contribution in [0.2, 0.25) is 0 Å². The van der Waals surface area contributed by atoms with E-state index in [9.17, 15) is 9.59 Å². The van der Waals surface area contributed by atoms with Gasteiger partial charge in [-0.25, -0.2) is 4.79 Å². The van der Waals surface area contributed by atoms with Crippen LogP contribution < -0.4 is 5.32 Å². The number of nitriles is 1. The van der Waals surface area contributed by atoms with Gasteiger partial charge in [0, 0.05) is 12.7 Å². The van der Waals surface area contributed by atoms with Crippen LogP contribution in [0.5, 0.6) is 0 Å².